The number of thioether (sulfide) groups is 1. The van der Waals surface area contributed by atoms with Crippen LogP contribution in [0.15, 0.2) is 47.9 Å². The van der Waals surface area contributed by atoms with Gasteiger partial charge in [0.05, 0.1) is 24.9 Å². The number of hydrogen-bond acceptors (Lipinski definition) is 9. The van der Waals surface area contributed by atoms with Crippen LogP contribution in [-0.2, 0) is 11.2 Å². The van der Waals surface area contributed by atoms with E-state index in [4.69, 9.17) is 22.1 Å². The number of carbonyl (C=O) groups is 1. The molecule has 4 aromatic rings. The number of halogens is 1. The highest BCUT2D eigenvalue weighted by molar-refractivity contribution is 8.00. The van der Waals surface area contributed by atoms with Gasteiger partial charge in [-0.25, -0.2) is 15.0 Å². The Morgan fingerprint density at radius 1 is 1.26 bits per heavy atom. The van der Waals surface area contributed by atoms with Crippen molar-refractivity contribution in [2.75, 3.05) is 18.2 Å². The lowest BCUT2D eigenvalue weighted by molar-refractivity contribution is -0.115. The van der Waals surface area contributed by atoms with Gasteiger partial charge in [-0.15, -0.1) is 0 Å². The number of aromatic amines is 1. The first-order valence-electron chi connectivity index (χ1n) is 9.08. The molecule has 0 saturated heterocycles. The van der Waals surface area contributed by atoms with Crippen LogP contribution in [0, 0.1) is 0 Å². The molecule has 31 heavy (non-hydrogen) atoms. The summed E-state index contributed by atoms with van der Waals surface area (Å²) in [5, 5.41) is 2.91. The molecule has 0 aliphatic heterocycles. The maximum absolute atomic E-state index is 13.2. The lowest BCUT2D eigenvalue weighted by Crippen LogP contribution is -2.28. The van der Waals surface area contributed by atoms with E-state index < -0.39 is 5.25 Å². The summed E-state index contributed by atoms with van der Waals surface area (Å²) < 4.78 is 5.09. The fourth-order valence-corrected chi connectivity index (χ4v) is 4.10. The molecule has 1 aromatic carbocycles. The molecular formula is C19H17ClN8O2S. The van der Waals surface area contributed by atoms with Gasteiger partial charge in [-0.2, -0.15) is 9.97 Å². The monoisotopic (exact) mass is 456 g/mol. The van der Waals surface area contributed by atoms with Gasteiger partial charge in [-0.05, 0) is 12.0 Å². The van der Waals surface area contributed by atoms with Crippen LogP contribution < -0.4 is 15.8 Å². The minimum absolute atomic E-state index is 0.0757. The standard InChI is InChI=1S/C19H17ClN8O2S/c1-30-16-11(20)8-22-19(27-16)26-15(29)12(7-10-5-3-2-4-6-10)31-17-13-14(24-9-23-13)25-18(21)28-17/h2-6,8-9,12H,7H2,1H3,(H,22,26,27,29)(H3,21,23,24,25,28)/t12-/m0/s1. The number of amides is 1. The van der Waals surface area contributed by atoms with Gasteiger partial charge >= 0.3 is 0 Å². The zero-order chi connectivity index (χ0) is 21.8. The van der Waals surface area contributed by atoms with E-state index in [2.05, 4.69) is 35.2 Å². The second kappa shape index (κ2) is 9.14. The molecule has 1 amide bonds. The van der Waals surface area contributed by atoms with E-state index in [1.54, 1.807) is 0 Å². The summed E-state index contributed by atoms with van der Waals surface area (Å²) in [4.78, 5) is 36.9. The van der Waals surface area contributed by atoms with E-state index in [1.165, 1.54) is 31.4 Å². The van der Waals surface area contributed by atoms with E-state index in [-0.39, 0.29) is 28.7 Å². The van der Waals surface area contributed by atoms with Crippen LogP contribution in [0.1, 0.15) is 5.56 Å². The zero-order valence-corrected chi connectivity index (χ0v) is 17.8. The summed E-state index contributed by atoms with van der Waals surface area (Å²) in [7, 11) is 1.43. The first kappa shape index (κ1) is 20.8. The van der Waals surface area contributed by atoms with Crippen molar-refractivity contribution < 1.29 is 9.53 Å². The SMILES string of the molecule is COc1nc(NC(=O)[C@H](Cc2ccccc2)Sc2nc(N)nc3nc[nH]c23)ncc1Cl. The summed E-state index contributed by atoms with van der Waals surface area (Å²) in [6, 6.07) is 9.64. The molecule has 0 bridgehead atoms. The van der Waals surface area contributed by atoms with Crippen LogP contribution in [0.4, 0.5) is 11.9 Å². The lowest BCUT2D eigenvalue weighted by Gasteiger charge is -2.16. The number of fused-ring (bicyclic) bond motifs is 1. The highest BCUT2D eigenvalue weighted by Crippen LogP contribution is 2.30. The second-order valence-corrected chi connectivity index (χ2v) is 7.92. The molecule has 0 saturated carbocycles. The number of hydrogen-bond donors (Lipinski definition) is 3. The predicted octanol–water partition coefficient (Wildman–Crippen LogP) is 2.73. The number of nitrogens with zero attached hydrogens (tertiary/aromatic N) is 5. The van der Waals surface area contributed by atoms with Crippen LogP contribution in [0.25, 0.3) is 11.2 Å². The number of methoxy groups -OCH3 is 1. The second-order valence-electron chi connectivity index (χ2n) is 6.32. The fraction of sp³-hybridized carbons (Fsp3) is 0.158. The van der Waals surface area contributed by atoms with Crippen molar-refractivity contribution in [1.29, 1.82) is 0 Å². The van der Waals surface area contributed by atoms with Crippen LogP contribution in [0.3, 0.4) is 0 Å². The smallest absolute Gasteiger partial charge is 0.240 e. The summed E-state index contributed by atoms with van der Waals surface area (Å²) in [5.74, 6) is 0.00981. The molecule has 0 aliphatic carbocycles. The molecule has 12 heteroatoms. The number of nitrogen functional groups attached to an aromatic ring is 1. The minimum Gasteiger partial charge on any atom is -0.480 e. The van der Waals surface area contributed by atoms with Crippen molar-refractivity contribution in [3.8, 4) is 5.88 Å². The van der Waals surface area contributed by atoms with Gasteiger partial charge in [-0.1, -0.05) is 53.7 Å². The number of carbonyl (C=O) groups excluding carboxylic acids is 1. The summed E-state index contributed by atoms with van der Waals surface area (Å²) in [6.45, 7) is 0. The van der Waals surface area contributed by atoms with Gasteiger partial charge in [0.2, 0.25) is 23.7 Å². The van der Waals surface area contributed by atoms with Crippen molar-refractivity contribution in [1.82, 2.24) is 29.9 Å². The lowest BCUT2D eigenvalue weighted by atomic mass is 10.1. The third kappa shape index (κ3) is 4.84. The largest absolute Gasteiger partial charge is 0.480 e. The molecule has 4 rings (SSSR count). The third-order valence-corrected chi connectivity index (χ3v) is 5.66. The Kier molecular flexibility index (Phi) is 6.14. The number of nitrogens with one attached hydrogen (secondary N) is 2. The van der Waals surface area contributed by atoms with Gasteiger partial charge in [0, 0.05) is 0 Å². The van der Waals surface area contributed by atoms with E-state index in [9.17, 15) is 4.79 Å². The molecule has 0 aliphatic rings. The van der Waals surface area contributed by atoms with E-state index in [1.807, 2.05) is 30.3 Å². The molecule has 3 aromatic heterocycles. The van der Waals surface area contributed by atoms with Gasteiger partial charge < -0.3 is 15.5 Å². The number of rotatable bonds is 7. The van der Waals surface area contributed by atoms with E-state index in [0.29, 0.717) is 22.6 Å². The van der Waals surface area contributed by atoms with Crippen LogP contribution in [0.5, 0.6) is 5.88 Å². The Morgan fingerprint density at radius 2 is 2.06 bits per heavy atom. The summed E-state index contributed by atoms with van der Waals surface area (Å²) >= 11 is 7.21. The molecule has 0 radical (unpaired) electrons. The number of imidazole rings is 1. The fourth-order valence-electron chi connectivity index (χ4n) is 2.80. The Morgan fingerprint density at radius 3 is 2.84 bits per heavy atom. The van der Waals surface area contributed by atoms with Crippen molar-refractivity contribution >= 4 is 52.3 Å². The third-order valence-electron chi connectivity index (χ3n) is 4.22. The normalized spacial score (nSPS) is 11.9. The zero-order valence-electron chi connectivity index (χ0n) is 16.2. The van der Waals surface area contributed by atoms with E-state index >= 15 is 0 Å². The van der Waals surface area contributed by atoms with Crippen molar-refractivity contribution in [3.63, 3.8) is 0 Å². The molecule has 158 valence electrons. The number of nitrogens with two attached hydrogens (primary N) is 1. The van der Waals surface area contributed by atoms with Gasteiger partial charge in [0.1, 0.15) is 15.6 Å². The molecule has 0 spiro atoms. The van der Waals surface area contributed by atoms with Crippen LogP contribution >= 0.6 is 23.4 Å². The first-order chi connectivity index (χ1) is 15.0. The van der Waals surface area contributed by atoms with Crippen LogP contribution in [0.2, 0.25) is 5.02 Å². The summed E-state index contributed by atoms with van der Waals surface area (Å²) in [5.41, 5.74) is 7.84. The van der Waals surface area contributed by atoms with Gasteiger partial charge in [-0.3, -0.25) is 10.1 Å². The highest BCUT2D eigenvalue weighted by atomic mass is 35.5. The van der Waals surface area contributed by atoms with Crippen molar-refractivity contribution in [2.45, 2.75) is 16.7 Å². The van der Waals surface area contributed by atoms with Crippen molar-refractivity contribution in [3.05, 3.63) is 53.4 Å². The maximum atomic E-state index is 13.2. The van der Waals surface area contributed by atoms with Gasteiger partial charge in [0.15, 0.2) is 5.65 Å². The minimum atomic E-state index is -0.575. The number of ether oxygens (including phenoxy) is 1. The van der Waals surface area contributed by atoms with E-state index in [0.717, 1.165) is 5.56 Å². The Balaban J connectivity index is 1.63. The van der Waals surface area contributed by atoms with Gasteiger partial charge in [0.25, 0.3) is 0 Å². The topological polar surface area (TPSA) is 145 Å². The number of anilines is 2. The molecule has 3 heterocycles. The number of benzene rings is 1. The molecule has 10 nitrogen and oxygen atoms in total. The first-order valence-corrected chi connectivity index (χ1v) is 10.3. The Labute approximate surface area is 186 Å². The summed E-state index contributed by atoms with van der Waals surface area (Å²) in [6.07, 6.45) is 3.30. The Hall–Kier alpha value is -3.44. The molecule has 0 fully saturated rings. The number of aromatic nitrogens is 6. The average Bonchev–Trinajstić information content (AvgIpc) is 3.24. The highest BCUT2D eigenvalue weighted by Gasteiger charge is 2.24. The Bertz CT molecular complexity index is 1220. The number of H-pyrrole nitrogens is 1. The van der Waals surface area contributed by atoms with Crippen LogP contribution in [-0.4, -0.2) is 48.2 Å². The molecular weight excluding hydrogens is 440 g/mol. The predicted molar refractivity (Wildman–Crippen MR) is 118 cm³/mol. The maximum Gasteiger partial charge on any atom is 0.240 e. The molecule has 4 N–H and O–H groups in total. The molecule has 0 unspecified atom stereocenters. The molecule has 1 atom stereocenters. The average molecular weight is 457 g/mol. The van der Waals surface area contributed by atoms with Crippen molar-refractivity contribution in [2.24, 2.45) is 0 Å². The quantitative estimate of drug-likeness (QED) is 0.282.